The van der Waals surface area contributed by atoms with Crippen LogP contribution in [0, 0.1) is 29.1 Å². The maximum Gasteiger partial charge on any atom is 0.537 e. The van der Waals surface area contributed by atoms with Crippen LogP contribution in [-0.2, 0) is 25.5 Å². The lowest BCUT2D eigenvalue weighted by Gasteiger charge is -2.51. The second-order valence-corrected chi connectivity index (χ2v) is 13.2. The predicted octanol–water partition coefficient (Wildman–Crippen LogP) is 6.92. The van der Waals surface area contributed by atoms with Crippen molar-refractivity contribution in [1.29, 1.82) is 0 Å². The summed E-state index contributed by atoms with van der Waals surface area (Å²) in [5, 5.41) is 0. The molecule has 0 spiro atoms. The summed E-state index contributed by atoms with van der Waals surface area (Å²) in [6.45, 7) is 2.32. The summed E-state index contributed by atoms with van der Waals surface area (Å²) in [6, 6.07) is 4.31. The Kier molecular flexibility index (Phi) is 6.61. The van der Waals surface area contributed by atoms with Crippen LogP contribution in [0.25, 0.3) is 0 Å². The van der Waals surface area contributed by atoms with Crippen LogP contribution in [0.2, 0.25) is 0 Å². The summed E-state index contributed by atoms with van der Waals surface area (Å²) in [5.41, 5.74) is 1.89. The van der Waals surface area contributed by atoms with Crippen molar-refractivity contribution in [1.82, 2.24) is 0 Å². The fourth-order valence-corrected chi connectivity index (χ4v) is 9.10. The Morgan fingerprint density at radius 2 is 1.80 bits per heavy atom. The molecule has 0 unspecified atom stereocenters. The van der Waals surface area contributed by atoms with E-state index in [0.717, 1.165) is 49.7 Å². The number of alkyl halides is 3. The summed E-state index contributed by atoms with van der Waals surface area (Å²) in [4.78, 5) is 13.0. The highest BCUT2D eigenvalue weighted by Gasteiger charge is 2.56. The number of hydrogen-bond acceptors (Lipinski definition) is 4. The maximum absolute atomic E-state index is 13.4. The highest BCUT2D eigenvalue weighted by atomic mass is 32.2. The van der Waals surface area contributed by atoms with Gasteiger partial charge in [0.15, 0.2) is 0 Å². The monoisotopic (exact) mass is 512 g/mol. The number of rotatable bonds is 5. The standard InChI is InChI=1S/C27H35F3O4S/c1-26-14-13-21-20-10-8-19(35(32,33)34-27(28,29)30)16-18(20)7-9-22(21)23(26)11-12-24(26)25(31)15-17-5-3-2-4-6-17/h8,10,16-17,21-24H,2-7,9,11-15H2,1H3/t21-,22-,23+,24-,26+/m1/s1. The third-order valence-electron chi connectivity index (χ3n) is 9.79. The van der Waals surface area contributed by atoms with Gasteiger partial charge in [-0.05, 0) is 90.9 Å². The molecule has 0 radical (unpaired) electrons. The second kappa shape index (κ2) is 9.16. The largest absolute Gasteiger partial charge is 0.537 e. The van der Waals surface area contributed by atoms with Gasteiger partial charge in [-0.25, -0.2) is 0 Å². The highest BCUT2D eigenvalue weighted by Crippen LogP contribution is 2.63. The Hall–Kier alpha value is -1.41. The minimum atomic E-state index is -5.25. The number of aryl methyl sites for hydroxylation is 1. The molecule has 0 aromatic heterocycles. The number of ketones is 1. The van der Waals surface area contributed by atoms with Crippen molar-refractivity contribution in [2.45, 2.75) is 101 Å². The Morgan fingerprint density at radius 3 is 2.51 bits per heavy atom. The lowest BCUT2D eigenvalue weighted by molar-refractivity contribution is -0.271. The van der Waals surface area contributed by atoms with Gasteiger partial charge in [-0.1, -0.05) is 45.1 Å². The average Bonchev–Trinajstić information content (AvgIpc) is 3.15. The highest BCUT2D eigenvalue weighted by molar-refractivity contribution is 7.86. The molecule has 0 heterocycles. The molecule has 0 saturated heterocycles. The molecule has 0 bridgehead atoms. The topological polar surface area (TPSA) is 60.4 Å². The summed E-state index contributed by atoms with van der Waals surface area (Å²) < 4.78 is 65.2. The molecular formula is C27H35F3O4S. The van der Waals surface area contributed by atoms with Crippen molar-refractivity contribution in [2.75, 3.05) is 0 Å². The molecule has 4 aliphatic rings. The fourth-order valence-electron chi connectivity index (χ4n) is 8.23. The third kappa shape index (κ3) is 4.81. The Bertz CT molecular complexity index is 1080. The minimum Gasteiger partial charge on any atom is -0.299 e. The van der Waals surface area contributed by atoms with Gasteiger partial charge in [0.25, 0.3) is 0 Å². The summed E-state index contributed by atoms with van der Waals surface area (Å²) in [7, 11) is -4.90. The molecule has 0 aliphatic heterocycles. The van der Waals surface area contributed by atoms with Crippen molar-refractivity contribution >= 4 is 15.9 Å². The van der Waals surface area contributed by atoms with E-state index in [9.17, 15) is 26.4 Å². The van der Waals surface area contributed by atoms with Crippen LogP contribution in [0.4, 0.5) is 13.2 Å². The quantitative estimate of drug-likeness (QED) is 0.402. The lowest BCUT2D eigenvalue weighted by atomic mass is 9.53. The van der Waals surface area contributed by atoms with E-state index in [2.05, 4.69) is 11.1 Å². The van der Waals surface area contributed by atoms with Crippen LogP contribution in [0.3, 0.4) is 0 Å². The van der Waals surface area contributed by atoms with E-state index in [-0.39, 0.29) is 17.3 Å². The lowest BCUT2D eigenvalue weighted by Crippen LogP contribution is -2.44. The number of fused-ring (bicyclic) bond motifs is 5. The zero-order chi connectivity index (χ0) is 25.0. The van der Waals surface area contributed by atoms with Gasteiger partial charge in [0.2, 0.25) is 0 Å². The van der Waals surface area contributed by atoms with E-state index in [0.29, 0.717) is 30.0 Å². The SMILES string of the molecule is C[C@]12CC[C@@H]3c4ccc(S(=O)(=O)OC(F)(F)F)cc4CC[C@H]3[C@@H]1CC[C@@H]2C(=O)CC1CCCCC1. The third-order valence-corrected chi connectivity index (χ3v) is 11.0. The van der Waals surface area contributed by atoms with Crippen LogP contribution >= 0.6 is 0 Å². The van der Waals surface area contributed by atoms with Crippen LogP contribution in [0.15, 0.2) is 23.1 Å². The molecule has 0 N–H and O–H groups in total. The van der Waals surface area contributed by atoms with Gasteiger partial charge in [-0.3, -0.25) is 4.79 Å². The van der Waals surface area contributed by atoms with Gasteiger partial charge >= 0.3 is 16.5 Å². The molecule has 3 fully saturated rings. The van der Waals surface area contributed by atoms with Crippen molar-refractivity contribution < 1.29 is 30.6 Å². The second-order valence-electron chi connectivity index (χ2n) is 11.6. The zero-order valence-corrected chi connectivity index (χ0v) is 21.1. The van der Waals surface area contributed by atoms with Gasteiger partial charge < -0.3 is 0 Å². The van der Waals surface area contributed by atoms with Crippen LogP contribution in [0.1, 0.15) is 94.6 Å². The first-order valence-corrected chi connectivity index (χ1v) is 14.6. The summed E-state index contributed by atoms with van der Waals surface area (Å²) >= 11 is 0. The summed E-state index contributed by atoms with van der Waals surface area (Å²) in [6.07, 6.45) is 7.09. The number of Topliss-reactive ketones (excluding diaryl/α,β-unsaturated/α-hetero) is 1. The van der Waals surface area contributed by atoms with E-state index in [4.69, 9.17) is 0 Å². The van der Waals surface area contributed by atoms with Crippen molar-refractivity contribution in [3.8, 4) is 0 Å². The first-order valence-electron chi connectivity index (χ1n) is 13.2. The van der Waals surface area contributed by atoms with E-state index in [1.807, 2.05) is 0 Å². The van der Waals surface area contributed by atoms with Crippen molar-refractivity contribution in [3.05, 3.63) is 29.3 Å². The number of carbonyl (C=O) groups excluding carboxylic acids is 1. The van der Waals surface area contributed by atoms with Gasteiger partial charge in [0, 0.05) is 12.3 Å². The first-order chi connectivity index (χ1) is 16.5. The molecule has 1 aromatic carbocycles. The van der Waals surface area contributed by atoms with E-state index >= 15 is 0 Å². The predicted molar refractivity (Wildman–Crippen MR) is 125 cm³/mol. The smallest absolute Gasteiger partial charge is 0.299 e. The first kappa shape index (κ1) is 25.2. The van der Waals surface area contributed by atoms with Gasteiger partial charge in [0.05, 0.1) is 4.90 Å². The van der Waals surface area contributed by atoms with E-state index in [1.54, 1.807) is 6.07 Å². The number of halogens is 3. The zero-order valence-electron chi connectivity index (χ0n) is 20.3. The molecule has 35 heavy (non-hydrogen) atoms. The molecule has 0 amide bonds. The fraction of sp³-hybridized carbons (Fsp3) is 0.741. The summed E-state index contributed by atoms with van der Waals surface area (Å²) in [5.74, 6) is 2.34. The van der Waals surface area contributed by atoms with Gasteiger partial charge in [0.1, 0.15) is 5.78 Å². The Labute approximate surface area is 206 Å². The van der Waals surface area contributed by atoms with E-state index < -0.39 is 21.4 Å². The molecule has 4 nitrogen and oxygen atoms in total. The van der Waals surface area contributed by atoms with E-state index in [1.165, 1.54) is 44.2 Å². The molecule has 8 heteroatoms. The molecule has 3 saturated carbocycles. The number of carbonyl (C=O) groups is 1. The average molecular weight is 513 g/mol. The van der Waals surface area contributed by atoms with Crippen LogP contribution in [0.5, 0.6) is 0 Å². The number of benzene rings is 1. The maximum atomic E-state index is 13.4. The van der Waals surface area contributed by atoms with Crippen molar-refractivity contribution in [2.24, 2.45) is 29.1 Å². The normalized spacial score (nSPS) is 33.6. The Balaban J connectivity index is 1.33. The molecule has 5 atom stereocenters. The van der Waals surface area contributed by atoms with Gasteiger partial charge in [-0.2, -0.15) is 12.6 Å². The molecular weight excluding hydrogens is 477 g/mol. The minimum absolute atomic E-state index is 0.0221. The molecule has 4 aliphatic carbocycles. The molecule has 194 valence electrons. The van der Waals surface area contributed by atoms with Gasteiger partial charge in [-0.15, -0.1) is 13.2 Å². The van der Waals surface area contributed by atoms with Crippen LogP contribution in [-0.4, -0.2) is 20.6 Å². The molecule has 5 rings (SSSR count). The van der Waals surface area contributed by atoms with Crippen molar-refractivity contribution in [3.63, 3.8) is 0 Å². The molecule has 1 aromatic rings. The number of hydrogen-bond donors (Lipinski definition) is 0. The van der Waals surface area contributed by atoms with Crippen LogP contribution < -0.4 is 0 Å². The Morgan fingerprint density at radius 1 is 1.06 bits per heavy atom.